The van der Waals surface area contributed by atoms with Crippen molar-refractivity contribution in [3.8, 4) is 0 Å². The molecule has 0 aliphatic heterocycles. The van der Waals surface area contributed by atoms with Crippen LogP contribution in [0.4, 0.5) is 5.82 Å². The Morgan fingerprint density at radius 3 is 2.61 bits per heavy atom. The second-order valence-corrected chi connectivity index (χ2v) is 9.11. The molecule has 0 unspecified atom stereocenters. The number of aromatic nitrogens is 2. The monoisotopic (exact) mass is 331 g/mol. The number of quaternary nitrogens is 1. The van der Waals surface area contributed by atoms with E-state index < -0.39 is 0 Å². The van der Waals surface area contributed by atoms with Crippen molar-refractivity contribution < 1.29 is 4.48 Å². The lowest BCUT2D eigenvalue weighted by atomic mass is 9.89. The van der Waals surface area contributed by atoms with Gasteiger partial charge in [-0.2, -0.15) is 0 Å². The zero-order valence-electron chi connectivity index (χ0n) is 14.4. The third kappa shape index (κ3) is 2.85. The molecule has 4 rings (SSSR count). The topological polar surface area (TPSA) is 37.8 Å². The minimum atomic E-state index is 0.563. The van der Waals surface area contributed by atoms with Crippen molar-refractivity contribution in [2.75, 3.05) is 26.5 Å². The predicted molar refractivity (Wildman–Crippen MR) is 97.1 cm³/mol. The Morgan fingerprint density at radius 1 is 1.09 bits per heavy atom. The second-order valence-electron chi connectivity index (χ2n) is 8.03. The number of hydrogen-bond acceptors (Lipinski definition) is 4. The fraction of sp³-hybridized carbons (Fsp3) is 0.667. The van der Waals surface area contributed by atoms with Gasteiger partial charge >= 0.3 is 0 Å². The Kier molecular flexibility index (Phi) is 3.81. The summed E-state index contributed by atoms with van der Waals surface area (Å²) < 4.78 is 1.09. The van der Waals surface area contributed by atoms with Gasteiger partial charge in [-0.3, -0.25) is 0 Å². The Bertz CT molecular complexity index is 708. The summed E-state index contributed by atoms with van der Waals surface area (Å²) in [5, 5.41) is 5.08. The van der Waals surface area contributed by atoms with E-state index in [2.05, 4.69) is 36.4 Å². The molecule has 0 spiro atoms. The van der Waals surface area contributed by atoms with Crippen LogP contribution in [0.25, 0.3) is 10.2 Å². The van der Waals surface area contributed by atoms with Gasteiger partial charge in [0, 0.05) is 23.8 Å². The zero-order chi connectivity index (χ0) is 16.0. The molecule has 1 fully saturated rings. The van der Waals surface area contributed by atoms with Crippen LogP contribution in [0.5, 0.6) is 0 Å². The summed E-state index contributed by atoms with van der Waals surface area (Å²) in [7, 11) is 6.96. The first-order chi connectivity index (χ1) is 11.0. The number of rotatable bonds is 3. The van der Waals surface area contributed by atoms with Crippen LogP contribution in [-0.2, 0) is 12.8 Å². The normalized spacial score (nSPS) is 24.8. The summed E-state index contributed by atoms with van der Waals surface area (Å²) >= 11 is 1.87. The van der Waals surface area contributed by atoms with E-state index >= 15 is 0 Å². The van der Waals surface area contributed by atoms with E-state index in [1.165, 1.54) is 65.6 Å². The molecule has 5 heteroatoms. The SMILES string of the molecule is C[N+](C)(C)[C@H]1CC[C@H](Nc2ncnc3sc4c(c23)CCC4)CC1. The van der Waals surface area contributed by atoms with Gasteiger partial charge in [-0.25, -0.2) is 9.97 Å². The summed E-state index contributed by atoms with van der Waals surface area (Å²) in [6.07, 6.45) is 10.5. The van der Waals surface area contributed by atoms with Crippen molar-refractivity contribution >= 4 is 27.4 Å². The van der Waals surface area contributed by atoms with Gasteiger partial charge in [0.2, 0.25) is 0 Å². The maximum Gasteiger partial charge on any atom is 0.138 e. The summed E-state index contributed by atoms with van der Waals surface area (Å²) in [5.74, 6) is 1.09. The standard InChI is InChI=1S/C18H27N4S/c1-22(2,3)13-9-7-12(8-10-13)21-17-16-14-5-4-6-15(14)23-18(16)20-11-19-17/h11-13H,4-10H2,1-3H3,(H,19,20,21)/q+1/t12-,13-. The minimum Gasteiger partial charge on any atom is -0.367 e. The van der Waals surface area contributed by atoms with E-state index in [0.717, 1.165) is 16.3 Å². The summed E-state index contributed by atoms with van der Waals surface area (Å²) in [6, 6.07) is 1.36. The van der Waals surface area contributed by atoms with Gasteiger partial charge in [-0.15, -0.1) is 11.3 Å². The highest BCUT2D eigenvalue weighted by molar-refractivity contribution is 7.19. The summed E-state index contributed by atoms with van der Waals surface area (Å²) in [5.41, 5.74) is 1.52. The van der Waals surface area contributed by atoms with Crippen LogP contribution in [0.15, 0.2) is 6.33 Å². The molecule has 2 aromatic rings. The Labute approximate surface area is 142 Å². The average molecular weight is 332 g/mol. The molecule has 124 valence electrons. The molecule has 1 N–H and O–H groups in total. The molecule has 0 saturated heterocycles. The van der Waals surface area contributed by atoms with Crippen molar-refractivity contribution in [2.24, 2.45) is 0 Å². The lowest BCUT2D eigenvalue weighted by Crippen LogP contribution is -2.48. The first-order valence-electron chi connectivity index (χ1n) is 8.85. The van der Waals surface area contributed by atoms with Gasteiger partial charge in [-0.1, -0.05) is 0 Å². The number of anilines is 1. The van der Waals surface area contributed by atoms with Crippen LogP contribution < -0.4 is 5.32 Å². The van der Waals surface area contributed by atoms with Crippen molar-refractivity contribution in [2.45, 2.75) is 57.0 Å². The van der Waals surface area contributed by atoms with E-state index in [1.54, 1.807) is 6.33 Å². The molecule has 4 nitrogen and oxygen atoms in total. The molecule has 0 aromatic carbocycles. The van der Waals surface area contributed by atoms with Gasteiger partial charge in [-0.05, 0) is 37.7 Å². The molecule has 23 heavy (non-hydrogen) atoms. The Hall–Kier alpha value is -1.20. The van der Waals surface area contributed by atoms with Crippen molar-refractivity contribution in [1.29, 1.82) is 0 Å². The molecule has 0 radical (unpaired) electrons. The molecule has 2 heterocycles. The fourth-order valence-corrected chi connectivity index (χ4v) is 5.46. The van der Waals surface area contributed by atoms with Crippen LogP contribution >= 0.6 is 11.3 Å². The Balaban J connectivity index is 1.53. The number of hydrogen-bond donors (Lipinski definition) is 1. The number of thiophene rings is 1. The number of nitrogens with zero attached hydrogens (tertiary/aromatic N) is 3. The summed E-state index contributed by atoms with van der Waals surface area (Å²) in [6.45, 7) is 0. The fourth-order valence-electron chi connectivity index (χ4n) is 4.23. The minimum absolute atomic E-state index is 0.563. The van der Waals surface area contributed by atoms with Crippen LogP contribution in [0.1, 0.15) is 42.5 Å². The molecule has 0 atom stereocenters. The van der Waals surface area contributed by atoms with Crippen LogP contribution in [0, 0.1) is 0 Å². The molecule has 2 aliphatic carbocycles. The first kappa shape index (κ1) is 15.3. The molecule has 2 aliphatic rings. The highest BCUT2D eigenvalue weighted by Gasteiger charge is 2.30. The average Bonchev–Trinajstić information content (AvgIpc) is 3.07. The van der Waals surface area contributed by atoms with Gasteiger partial charge in [0.05, 0.1) is 32.6 Å². The smallest absolute Gasteiger partial charge is 0.138 e. The van der Waals surface area contributed by atoms with Crippen LogP contribution in [-0.4, -0.2) is 47.7 Å². The molecular formula is C18H27N4S+. The molecule has 0 amide bonds. The van der Waals surface area contributed by atoms with E-state index in [1.807, 2.05) is 11.3 Å². The van der Waals surface area contributed by atoms with E-state index in [0.29, 0.717) is 6.04 Å². The lowest BCUT2D eigenvalue weighted by Gasteiger charge is -2.39. The molecular weight excluding hydrogens is 304 g/mol. The molecule has 1 saturated carbocycles. The van der Waals surface area contributed by atoms with E-state index in [4.69, 9.17) is 0 Å². The van der Waals surface area contributed by atoms with Gasteiger partial charge in [0.1, 0.15) is 17.0 Å². The first-order valence-corrected chi connectivity index (χ1v) is 9.67. The zero-order valence-corrected chi connectivity index (χ0v) is 15.2. The summed E-state index contributed by atoms with van der Waals surface area (Å²) in [4.78, 5) is 11.8. The Morgan fingerprint density at radius 2 is 1.87 bits per heavy atom. The largest absolute Gasteiger partial charge is 0.367 e. The number of fused-ring (bicyclic) bond motifs is 3. The van der Waals surface area contributed by atoms with Gasteiger partial charge in [0.25, 0.3) is 0 Å². The highest BCUT2D eigenvalue weighted by atomic mass is 32.1. The van der Waals surface area contributed by atoms with Crippen molar-refractivity contribution in [3.63, 3.8) is 0 Å². The number of nitrogens with one attached hydrogen (secondary N) is 1. The maximum absolute atomic E-state index is 4.60. The van der Waals surface area contributed by atoms with Gasteiger partial charge in [0.15, 0.2) is 0 Å². The van der Waals surface area contributed by atoms with Crippen LogP contribution in [0.3, 0.4) is 0 Å². The maximum atomic E-state index is 4.60. The predicted octanol–water partition coefficient (Wildman–Crippen LogP) is 3.61. The quantitative estimate of drug-likeness (QED) is 0.873. The lowest BCUT2D eigenvalue weighted by molar-refractivity contribution is -0.897. The molecule has 2 aromatic heterocycles. The van der Waals surface area contributed by atoms with Crippen molar-refractivity contribution in [1.82, 2.24) is 9.97 Å². The van der Waals surface area contributed by atoms with Crippen molar-refractivity contribution in [3.05, 3.63) is 16.8 Å². The highest BCUT2D eigenvalue weighted by Crippen LogP contribution is 2.39. The third-order valence-corrected chi connectivity index (χ3v) is 6.83. The second kappa shape index (κ2) is 5.71. The number of aryl methyl sites for hydroxylation is 2. The van der Waals surface area contributed by atoms with E-state index in [9.17, 15) is 0 Å². The van der Waals surface area contributed by atoms with E-state index in [-0.39, 0.29) is 0 Å². The van der Waals surface area contributed by atoms with Crippen LogP contribution in [0.2, 0.25) is 0 Å². The van der Waals surface area contributed by atoms with Gasteiger partial charge < -0.3 is 9.80 Å². The molecule has 0 bridgehead atoms. The third-order valence-electron chi connectivity index (χ3n) is 5.63.